The molecule has 0 saturated heterocycles. The maximum atomic E-state index is 13.0. The number of ether oxygens (including phenoxy) is 3. The number of carbonyl (C=O) groups excluding carboxylic acids is 1. The van der Waals surface area contributed by atoms with Crippen LogP contribution in [0.2, 0.25) is 0 Å². The number of amides is 1. The zero-order valence-corrected chi connectivity index (χ0v) is 20.4. The predicted molar refractivity (Wildman–Crippen MR) is 131 cm³/mol. The number of hydrazone groups is 1. The van der Waals surface area contributed by atoms with Crippen molar-refractivity contribution in [3.8, 4) is 23.1 Å². The molecule has 0 aliphatic rings. The third-order valence-corrected chi connectivity index (χ3v) is 5.92. The lowest BCUT2D eigenvalue weighted by molar-refractivity contribution is 0.0949. The number of thioether (sulfide) groups is 1. The lowest BCUT2D eigenvalue weighted by atomic mass is 10.2. The summed E-state index contributed by atoms with van der Waals surface area (Å²) >= 11 is 1.48. The van der Waals surface area contributed by atoms with Crippen LogP contribution in [0.4, 0.5) is 5.82 Å². The third-order valence-electron chi connectivity index (χ3n) is 4.90. The van der Waals surface area contributed by atoms with Crippen LogP contribution in [0.1, 0.15) is 21.7 Å². The zero-order chi connectivity index (χ0) is 25.5. The Morgan fingerprint density at radius 1 is 1.11 bits per heavy atom. The average molecular weight is 511 g/mol. The Hall–Kier alpha value is -4.59. The Bertz CT molecular complexity index is 1370. The topological polar surface area (TPSA) is 165 Å². The van der Waals surface area contributed by atoms with Crippen molar-refractivity contribution in [2.24, 2.45) is 5.10 Å². The van der Waals surface area contributed by atoms with Crippen LogP contribution in [0.15, 0.2) is 57.1 Å². The average Bonchev–Trinajstić information content (AvgIpc) is 3.53. The number of nitrogens with two attached hydrogens (primary N) is 1. The molecule has 0 spiro atoms. The fourth-order valence-electron chi connectivity index (χ4n) is 3.15. The van der Waals surface area contributed by atoms with Crippen molar-refractivity contribution in [2.45, 2.75) is 10.6 Å². The molecular weight excluding hydrogens is 488 g/mol. The molecule has 13 nitrogen and oxygen atoms in total. The number of nitrogens with zero attached hydrogens (tertiary/aromatic N) is 6. The van der Waals surface area contributed by atoms with E-state index in [2.05, 4.69) is 35.8 Å². The lowest BCUT2D eigenvalue weighted by Crippen LogP contribution is -2.20. The van der Waals surface area contributed by atoms with Crippen LogP contribution < -0.4 is 25.4 Å². The molecule has 1 amide bonds. The van der Waals surface area contributed by atoms with E-state index in [1.165, 1.54) is 44.0 Å². The fraction of sp³-hybridized carbons (Fsp3) is 0.182. The van der Waals surface area contributed by atoms with Gasteiger partial charge in [0.05, 0.1) is 33.2 Å². The molecule has 2 aromatic carbocycles. The van der Waals surface area contributed by atoms with Gasteiger partial charge >= 0.3 is 0 Å². The number of methoxy groups -OCH3 is 3. The van der Waals surface area contributed by atoms with Crippen molar-refractivity contribution in [3.05, 3.63) is 59.4 Å². The quantitative estimate of drug-likeness (QED) is 0.183. The molecule has 14 heteroatoms. The second-order valence-electron chi connectivity index (χ2n) is 7.02. The number of hydrogen-bond donors (Lipinski definition) is 2. The molecule has 0 aliphatic carbocycles. The van der Waals surface area contributed by atoms with E-state index in [4.69, 9.17) is 19.9 Å². The molecule has 0 unspecified atom stereocenters. The molecule has 4 rings (SSSR count). The summed E-state index contributed by atoms with van der Waals surface area (Å²) in [5.74, 6) is 1.34. The van der Waals surface area contributed by atoms with E-state index in [1.807, 2.05) is 30.3 Å². The maximum absolute atomic E-state index is 13.0. The summed E-state index contributed by atoms with van der Waals surface area (Å²) in [7, 11) is 4.55. The van der Waals surface area contributed by atoms with Gasteiger partial charge in [-0.15, -0.1) is 16.9 Å². The molecule has 0 fully saturated rings. The molecule has 0 saturated carbocycles. The highest BCUT2D eigenvalue weighted by Gasteiger charge is 2.24. The third kappa shape index (κ3) is 5.22. The highest BCUT2D eigenvalue weighted by molar-refractivity contribution is 7.98. The van der Waals surface area contributed by atoms with Crippen LogP contribution in [0.3, 0.4) is 0 Å². The van der Waals surface area contributed by atoms with E-state index in [1.54, 1.807) is 12.1 Å². The van der Waals surface area contributed by atoms with Gasteiger partial charge in [0.2, 0.25) is 11.6 Å². The van der Waals surface area contributed by atoms with Crippen molar-refractivity contribution in [3.63, 3.8) is 0 Å². The standard InChI is InChI=1S/C22H22N8O5S/c1-32-16-10-18(34-3)17(33-2)9-13(16)11-24-26-22(31)19-15(12-36-14-7-5-4-6-8-14)30(29-25-19)21-20(23)27-35-28-21/h4-11H,12H2,1-3H3,(H2,23,27)(H,26,31). The first kappa shape index (κ1) is 24.5. The van der Waals surface area contributed by atoms with E-state index < -0.39 is 5.91 Å². The van der Waals surface area contributed by atoms with E-state index in [9.17, 15) is 4.79 Å². The summed E-state index contributed by atoms with van der Waals surface area (Å²) in [6, 6.07) is 13.0. The van der Waals surface area contributed by atoms with E-state index >= 15 is 0 Å². The van der Waals surface area contributed by atoms with Crippen LogP contribution >= 0.6 is 11.8 Å². The van der Waals surface area contributed by atoms with Gasteiger partial charge in [0.15, 0.2) is 17.2 Å². The van der Waals surface area contributed by atoms with Gasteiger partial charge in [-0.25, -0.2) is 10.1 Å². The summed E-state index contributed by atoms with van der Waals surface area (Å²) in [4.78, 5) is 14.0. The van der Waals surface area contributed by atoms with Crippen LogP contribution in [-0.4, -0.2) is 58.8 Å². The zero-order valence-electron chi connectivity index (χ0n) is 19.5. The smallest absolute Gasteiger partial charge is 0.293 e. The maximum Gasteiger partial charge on any atom is 0.293 e. The van der Waals surface area contributed by atoms with Crippen LogP contribution in [0.5, 0.6) is 17.2 Å². The number of hydrogen-bond acceptors (Lipinski definition) is 12. The molecule has 186 valence electrons. The Kier molecular flexibility index (Phi) is 7.65. The van der Waals surface area contributed by atoms with Gasteiger partial charge in [-0.05, 0) is 28.5 Å². The number of carbonyl (C=O) groups is 1. The SMILES string of the molecule is COc1cc(OC)c(OC)cc1C=NNC(=O)c1nnn(-c2nonc2N)c1CSc1ccccc1. The second-order valence-corrected chi connectivity index (χ2v) is 8.07. The van der Waals surface area contributed by atoms with Gasteiger partial charge < -0.3 is 19.9 Å². The molecule has 4 aromatic rings. The first-order valence-corrected chi connectivity index (χ1v) is 11.4. The number of benzene rings is 2. The molecule has 3 N–H and O–H groups in total. The van der Waals surface area contributed by atoms with Crippen molar-refractivity contribution in [1.29, 1.82) is 0 Å². The van der Waals surface area contributed by atoms with Crippen LogP contribution in [0, 0.1) is 0 Å². The normalized spacial score (nSPS) is 11.0. The van der Waals surface area contributed by atoms with Gasteiger partial charge in [0.1, 0.15) is 5.75 Å². The molecule has 2 heterocycles. The monoisotopic (exact) mass is 510 g/mol. The molecule has 0 radical (unpaired) electrons. The summed E-state index contributed by atoms with van der Waals surface area (Å²) in [5.41, 5.74) is 9.32. The molecular formula is C22H22N8O5S. The van der Waals surface area contributed by atoms with Crippen LogP contribution in [-0.2, 0) is 5.75 Å². The molecule has 0 atom stereocenters. The number of anilines is 1. The minimum absolute atomic E-state index is 0.0105. The summed E-state index contributed by atoms with van der Waals surface area (Å²) in [5, 5.41) is 19.5. The Morgan fingerprint density at radius 3 is 2.50 bits per heavy atom. The Labute approximate surface area is 209 Å². The van der Waals surface area contributed by atoms with Gasteiger partial charge in [0, 0.05) is 22.3 Å². The van der Waals surface area contributed by atoms with Gasteiger partial charge in [-0.3, -0.25) is 4.79 Å². The lowest BCUT2D eigenvalue weighted by Gasteiger charge is -2.11. The summed E-state index contributed by atoms with van der Waals surface area (Å²) < 4.78 is 22.0. The van der Waals surface area contributed by atoms with Crippen molar-refractivity contribution in [2.75, 3.05) is 27.1 Å². The first-order valence-electron chi connectivity index (χ1n) is 10.4. The van der Waals surface area contributed by atoms with E-state index in [0.29, 0.717) is 34.3 Å². The van der Waals surface area contributed by atoms with Gasteiger partial charge in [0.25, 0.3) is 5.91 Å². The number of nitrogen functional groups attached to an aromatic ring is 1. The highest BCUT2D eigenvalue weighted by atomic mass is 32.2. The van der Waals surface area contributed by atoms with E-state index in [0.717, 1.165) is 4.90 Å². The Morgan fingerprint density at radius 2 is 1.83 bits per heavy atom. The number of nitrogens with one attached hydrogen (secondary N) is 1. The predicted octanol–water partition coefficient (Wildman–Crippen LogP) is 2.31. The first-order chi connectivity index (χ1) is 17.5. The molecule has 36 heavy (non-hydrogen) atoms. The molecule has 2 aromatic heterocycles. The number of rotatable bonds is 10. The van der Waals surface area contributed by atoms with E-state index in [-0.39, 0.29) is 17.3 Å². The largest absolute Gasteiger partial charge is 0.496 e. The number of aromatic nitrogens is 5. The summed E-state index contributed by atoms with van der Waals surface area (Å²) in [6.45, 7) is 0. The minimum atomic E-state index is -0.587. The molecule has 0 bridgehead atoms. The van der Waals surface area contributed by atoms with Gasteiger partial charge in [-0.1, -0.05) is 23.4 Å². The second kappa shape index (κ2) is 11.2. The van der Waals surface area contributed by atoms with Gasteiger partial charge in [-0.2, -0.15) is 9.78 Å². The van der Waals surface area contributed by atoms with Crippen LogP contribution in [0.25, 0.3) is 5.82 Å². The molecule has 0 aliphatic heterocycles. The van der Waals surface area contributed by atoms with Crippen molar-refractivity contribution < 1.29 is 23.6 Å². The minimum Gasteiger partial charge on any atom is -0.496 e. The Balaban J connectivity index is 1.58. The van der Waals surface area contributed by atoms with Crippen molar-refractivity contribution in [1.82, 2.24) is 30.7 Å². The fourth-order valence-corrected chi connectivity index (χ4v) is 4.06. The highest BCUT2D eigenvalue weighted by Crippen LogP contribution is 2.33. The van der Waals surface area contributed by atoms with Crippen molar-refractivity contribution >= 4 is 29.7 Å². The summed E-state index contributed by atoms with van der Waals surface area (Å²) in [6.07, 6.45) is 1.42.